The second kappa shape index (κ2) is 14.0. The predicted octanol–water partition coefficient (Wildman–Crippen LogP) is 6.32. The Morgan fingerprint density at radius 2 is 1.62 bits per heavy atom. The van der Waals surface area contributed by atoms with E-state index in [-0.39, 0.29) is 30.3 Å². The largest absolute Gasteiger partial charge is 0.494 e. The van der Waals surface area contributed by atoms with Crippen LogP contribution < -0.4 is 20.3 Å². The Morgan fingerprint density at radius 3 is 2.24 bits per heavy atom. The number of anilines is 3. The Labute approximate surface area is 247 Å². The molecule has 1 aliphatic heterocycles. The number of aliphatic carboxylic acids is 1. The highest BCUT2D eigenvalue weighted by Gasteiger charge is 2.33. The third kappa shape index (κ3) is 7.47. The normalized spacial score (nSPS) is 15.3. The van der Waals surface area contributed by atoms with Gasteiger partial charge in [-0.15, -0.1) is 0 Å². The summed E-state index contributed by atoms with van der Waals surface area (Å²) in [5.74, 6) is -0.227. The third-order valence-corrected chi connectivity index (χ3v) is 8.10. The summed E-state index contributed by atoms with van der Waals surface area (Å²) in [6, 6.07) is 22.0. The fraction of sp³-hybridized carbons (Fsp3) is 0.364. The lowest BCUT2D eigenvalue weighted by Crippen LogP contribution is -2.47. The maximum atomic E-state index is 12.9. The molecule has 3 amide bonds. The topological polar surface area (TPSA) is 111 Å². The molecule has 1 aliphatic rings. The van der Waals surface area contributed by atoms with E-state index >= 15 is 0 Å². The number of methoxy groups -OCH3 is 1. The highest BCUT2D eigenvalue weighted by Crippen LogP contribution is 2.36. The molecule has 42 heavy (non-hydrogen) atoms. The zero-order valence-electron chi connectivity index (χ0n) is 24.7. The van der Waals surface area contributed by atoms with E-state index in [4.69, 9.17) is 4.74 Å². The van der Waals surface area contributed by atoms with Crippen LogP contribution in [0.4, 0.5) is 21.9 Å². The lowest BCUT2D eigenvalue weighted by Gasteiger charge is -2.42. The Balaban J connectivity index is 1.45. The molecule has 9 nitrogen and oxygen atoms in total. The predicted molar refractivity (Wildman–Crippen MR) is 165 cm³/mol. The molecular weight excluding hydrogens is 532 g/mol. The number of piperidine rings is 1. The lowest BCUT2D eigenvalue weighted by atomic mass is 9.87. The molecule has 0 bridgehead atoms. The van der Waals surface area contributed by atoms with Crippen molar-refractivity contribution in [1.29, 1.82) is 0 Å². The molecule has 0 saturated carbocycles. The van der Waals surface area contributed by atoms with E-state index in [0.717, 1.165) is 37.1 Å². The van der Waals surface area contributed by atoms with Crippen LogP contribution in [0.15, 0.2) is 72.8 Å². The van der Waals surface area contributed by atoms with Gasteiger partial charge >= 0.3 is 12.0 Å². The van der Waals surface area contributed by atoms with Gasteiger partial charge in [-0.1, -0.05) is 48.5 Å². The van der Waals surface area contributed by atoms with E-state index in [9.17, 15) is 19.5 Å². The molecule has 3 aromatic rings. The van der Waals surface area contributed by atoms with Gasteiger partial charge < -0.3 is 25.4 Å². The summed E-state index contributed by atoms with van der Waals surface area (Å²) in [7, 11) is 1.53. The van der Waals surface area contributed by atoms with Gasteiger partial charge in [0.15, 0.2) is 0 Å². The van der Waals surface area contributed by atoms with E-state index in [1.54, 1.807) is 24.0 Å². The average molecular weight is 573 g/mol. The first-order valence-corrected chi connectivity index (χ1v) is 14.3. The minimum Gasteiger partial charge on any atom is -0.494 e. The molecule has 2 atom stereocenters. The highest BCUT2D eigenvalue weighted by atomic mass is 16.5. The molecule has 0 spiro atoms. The van der Waals surface area contributed by atoms with Crippen LogP contribution in [0.2, 0.25) is 0 Å². The van der Waals surface area contributed by atoms with Gasteiger partial charge in [-0.2, -0.15) is 0 Å². The van der Waals surface area contributed by atoms with Crippen molar-refractivity contribution in [2.75, 3.05) is 35.7 Å². The smallest absolute Gasteiger partial charge is 0.323 e. The molecule has 222 valence electrons. The maximum absolute atomic E-state index is 12.9. The second-order valence-electron chi connectivity index (χ2n) is 10.8. The number of ether oxygens (including phenoxy) is 1. The molecule has 1 heterocycles. The number of carboxylic acids is 1. The number of aryl methyl sites for hydroxylation is 1. The molecule has 0 radical (unpaired) electrons. The first-order chi connectivity index (χ1) is 20.2. The van der Waals surface area contributed by atoms with Gasteiger partial charge in [0, 0.05) is 36.4 Å². The summed E-state index contributed by atoms with van der Waals surface area (Å²) >= 11 is 0. The Kier molecular flexibility index (Phi) is 10.2. The number of carboxylic acid groups (broad SMARTS) is 1. The van der Waals surface area contributed by atoms with Crippen molar-refractivity contribution >= 4 is 35.0 Å². The van der Waals surface area contributed by atoms with Crippen molar-refractivity contribution < 1.29 is 24.2 Å². The van der Waals surface area contributed by atoms with E-state index in [1.165, 1.54) is 7.11 Å². The Hall–Kier alpha value is -4.37. The number of nitrogens with one attached hydrogen (secondary N) is 2. The van der Waals surface area contributed by atoms with Gasteiger partial charge in [-0.25, -0.2) is 4.79 Å². The first kappa shape index (κ1) is 30.6. The van der Waals surface area contributed by atoms with Crippen LogP contribution in [0.3, 0.4) is 0 Å². The lowest BCUT2D eigenvalue weighted by molar-refractivity contribution is -0.138. The van der Waals surface area contributed by atoms with Gasteiger partial charge in [-0.05, 0) is 75.0 Å². The summed E-state index contributed by atoms with van der Waals surface area (Å²) in [6.07, 6.45) is 1.72. The number of likely N-dealkylation sites (tertiary alicyclic amines) is 1. The average Bonchev–Trinajstić information content (AvgIpc) is 2.98. The monoisotopic (exact) mass is 572 g/mol. The SMILES string of the molecule is COc1cc(N(C(C)=O)C(C)C2CCN(C(CC(=O)O)c3ccccc3)CC2)ccc1NC(=O)Nc1ccccc1C. The molecule has 2 unspecified atom stereocenters. The third-order valence-electron chi connectivity index (χ3n) is 8.10. The summed E-state index contributed by atoms with van der Waals surface area (Å²) in [6.45, 7) is 7.02. The standard InChI is InChI=1S/C33H40N4O5/c1-22-10-8-9-13-28(22)34-33(41)35-29-15-14-27(20-31(29)42-4)37(24(3)38)23(2)25-16-18-36(19-17-25)30(21-32(39)40)26-11-6-5-7-12-26/h5-15,20,23,25,30H,16-19,21H2,1-4H3,(H,39,40)(H2,34,35,41). The highest BCUT2D eigenvalue weighted by molar-refractivity contribution is 6.01. The Bertz CT molecular complexity index is 1390. The molecule has 1 saturated heterocycles. The molecule has 1 fully saturated rings. The van der Waals surface area contributed by atoms with E-state index in [2.05, 4.69) is 22.5 Å². The summed E-state index contributed by atoms with van der Waals surface area (Å²) < 4.78 is 5.59. The van der Waals surface area contributed by atoms with E-state index in [1.807, 2.05) is 67.6 Å². The fourth-order valence-corrected chi connectivity index (χ4v) is 5.85. The quantitative estimate of drug-likeness (QED) is 0.262. The molecular formula is C33H40N4O5. The zero-order chi connectivity index (χ0) is 30.2. The molecule has 9 heteroatoms. The summed E-state index contributed by atoms with van der Waals surface area (Å²) in [5, 5.41) is 15.3. The first-order valence-electron chi connectivity index (χ1n) is 14.3. The van der Waals surface area contributed by atoms with Gasteiger partial charge in [-0.3, -0.25) is 14.5 Å². The minimum absolute atomic E-state index is 0.0486. The Morgan fingerprint density at radius 1 is 0.976 bits per heavy atom. The molecule has 3 N–H and O–H groups in total. The van der Waals surface area contributed by atoms with Gasteiger partial charge in [0.05, 0.1) is 19.2 Å². The number of carbonyl (C=O) groups is 3. The fourth-order valence-electron chi connectivity index (χ4n) is 5.85. The number of carbonyl (C=O) groups excluding carboxylic acids is 2. The zero-order valence-corrected chi connectivity index (χ0v) is 24.7. The van der Waals surface area contributed by atoms with Gasteiger partial charge in [0.1, 0.15) is 5.75 Å². The summed E-state index contributed by atoms with van der Waals surface area (Å²) in [5.41, 5.74) is 3.84. The van der Waals surface area contributed by atoms with Crippen LogP contribution in [0.5, 0.6) is 5.75 Å². The molecule has 4 rings (SSSR count). The van der Waals surface area contributed by atoms with Crippen LogP contribution in [-0.2, 0) is 9.59 Å². The van der Waals surface area contributed by atoms with Crippen molar-refractivity contribution in [2.24, 2.45) is 5.92 Å². The molecule has 0 aliphatic carbocycles. The van der Waals surface area contributed by atoms with Crippen molar-refractivity contribution in [3.05, 3.63) is 83.9 Å². The van der Waals surface area contributed by atoms with Crippen LogP contribution in [0, 0.1) is 12.8 Å². The number of urea groups is 1. The number of nitrogens with zero attached hydrogens (tertiary/aromatic N) is 2. The molecule has 0 aromatic heterocycles. The number of amides is 3. The number of hydrogen-bond donors (Lipinski definition) is 3. The van der Waals surface area contributed by atoms with Crippen LogP contribution in [0.1, 0.15) is 50.3 Å². The number of para-hydroxylation sites is 1. The van der Waals surface area contributed by atoms with Crippen molar-refractivity contribution in [2.45, 2.75) is 52.1 Å². The van der Waals surface area contributed by atoms with Crippen LogP contribution in [0.25, 0.3) is 0 Å². The number of rotatable bonds is 10. The minimum atomic E-state index is -0.818. The maximum Gasteiger partial charge on any atom is 0.323 e. The van der Waals surface area contributed by atoms with Crippen molar-refractivity contribution in [3.8, 4) is 5.75 Å². The van der Waals surface area contributed by atoms with Crippen LogP contribution in [-0.4, -0.2) is 54.2 Å². The number of hydrogen-bond acceptors (Lipinski definition) is 5. The van der Waals surface area contributed by atoms with Crippen LogP contribution >= 0.6 is 0 Å². The summed E-state index contributed by atoms with van der Waals surface area (Å²) in [4.78, 5) is 41.3. The van der Waals surface area contributed by atoms with Gasteiger partial charge in [0.25, 0.3) is 0 Å². The van der Waals surface area contributed by atoms with Gasteiger partial charge in [0.2, 0.25) is 5.91 Å². The van der Waals surface area contributed by atoms with Crippen molar-refractivity contribution in [1.82, 2.24) is 4.90 Å². The van der Waals surface area contributed by atoms with E-state index in [0.29, 0.717) is 22.8 Å². The van der Waals surface area contributed by atoms with Crippen molar-refractivity contribution in [3.63, 3.8) is 0 Å². The van der Waals surface area contributed by atoms with E-state index < -0.39 is 12.0 Å². The number of benzene rings is 3. The second-order valence-corrected chi connectivity index (χ2v) is 10.8. The molecule has 3 aromatic carbocycles.